The third-order valence-corrected chi connectivity index (χ3v) is 3.62. The first-order chi connectivity index (χ1) is 9.13. The van der Waals surface area contributed by atoms with Crippen molar-refractivity contribution in [1.82, 2.24) is 19.3 Å². The minimum absolute atomic E-state index is 0.310. The van der Waals surface area contributed by atoms with Crippen LogP contribution >= 0.6 is 0 Å². The summed E-state index contributed by atoms with van der Waals surface area (Å²) >= 11 is 0. The van der Waals surface area contributed by atoms with Gasteiger partial charge >= 0.3 is 0 Å². The fourth-order valence-corrected chi connectivity index (χ4v) is 2.47. The van der Waals surface area contributed by atoms with Crippen LogP contribution in [0.25, 0.3) is 0 Å². The minimum Gasteiger partial charge on any atom is -0.330 e. The van der Waals surface area contributed by atoms with Crippen molar-refractivity contribution in [3.05, 3.63) is 36.7 Å². The molecular formula is C14H23N5. The predicted molar refractivity (Wildman–Crippen MR) is 75.8 cm³/mol. The molecule has 2 N–H and O–H groups in total. The highest BCUT2D eigenvalue weighted by molar-refractivity contribution is 5.09. The van der Waals surface area contributed by atoms with E-state index < -0.39 is 0 Å². The average molecular weight is 261 g/mol. The Kier molecular flexibility index (Phi) is 4.37. The Morgan fingerprint density at radius 1 is 1.32 bits per heavy atom. The van der Waals surface area contributed by atoms with Crippen LogP contribution in [0.1, 0.15) is 38.4 Å². The highest BCUT2D eigenvalue weighted by Crippen LogP contribution is 2.25. The van der Waals surface area contributed by atoms with E-state index in [9.17, 15) is 0 Å². The van der Waals surface area contributed by atoms with Crippen LogP contribution in [-0.4, -0.2) is 25.9 Å². The zero-order valence-electron chi connectivity index (χ0n) is 11.9. The summed E-state index contributed by atoms with van der Waals surface area (Å²) in [5, 5.41) is 4.25. The number of rotatable bonds is 6. The molecule has 0 aliphatic rings. The van der Waals surface area contributed by atoms with E-state index in [0.29, 0.717) is 24.4 Å². The van der Waals surface area contributed by atoms with Crippen molar-refractivity contribution in [2.24, 2.45) is 11.7 Å². The van der Waals surface area contributed by atoms with Crippen molar-refractivity contribution in [2.45, 2.75) is 39.3 Å². The van der Waals surface area contributed by atoms with Crippen molar-refractivity contribution >= 4 is 0 Å². The molecule has 0 aliphatic heterocycles. The van der Waals surface area contributed by atoms with Gasteiger partial charge in [-0.2, -0.15) is 5.10 Å². The van der Waals surface area contributed by atoms with Gasteiger partial charge in [0.05, 0.1) is 18.9 Å². The topological polar surface area (TPSA) is 61.7 Å². The second-order valence-corrected chi connectivity index (χ2v) is 5.39. The van der Waals surface area contributed by atoms with Crippen LogP contribution in [0, 0.1) is 5.92 Å². The summed E-state index contributed by atoms with van der Waals surface area (Å²) in [5.74, 6) is 0.861. The molecule has 2 aromatic heterocycles. The third kappa shape index (κ3) is 3.04. The number of nitrogens with zero attached hydrogens (tertiary/aromatic N) is 4. The molecule has 2 aromatic rings. The molecule has 104 valence electrons. The SMILES string of the molecule is CC(C)C(CN)c1cncn1C(C)Cn1cccn1. The lowest BCUT2D eigenvalue weighted by atomic mass is 9.92. The fourth-order valence-electron chi connectivity index (χ4n) is 2.47. The van der Waals surface area contributed by atoms with Crippen molar-refractivity contribution in [3.8, 4) is 0 Å². The van der Waals surface area contributed by atoms with E-state index in [1.165, 1.54) is 5.69 Å². The molecule has 2 unspecified atom stereocenters. The maximum atomic E-state index is 5.91. The van der Waals surface area contributed by atoms with Crippen LogP contribution in [0.5, 0.6) is 0 Å². The number of imidazole rings is 1. The average Bonchev–Trinajstić information content (AvgIpc) is 3.00. The van der Waals surface area contributed by atoms with Crippen molar-refractivity contribution < 1.29 is 0 Å². The number of hydrogen-bond donors (Lipinski definition) is 1. The zero-order chi connectivity index (χ0) is 13.8. The van der Waals surface area contributed by atoms with Gasteiger partial charge in [-0.25, -0.2) is 4.98 Å². The first kappa shape index (κ1) is 13.8. The molecule has 0 aliphatic carbocycles. The monoisotopic (exact) mass is 261 g/mol. The van der Waals surface area contributed by atoms with Gasteiger partial charge in [-0.15, -0.1) is 0 Å². The Hall–Kier alpha value is -1.62. The Morgan fingerprint density at radius 2 is 2.11 bits per heavy atom. The van der Waals surface area contributed by atoms with Gasteiger partial charge in [-0.1, -0.05) is 13.8 Å². The Morgan fingerprint density at radius 3 is 2.68 bits per heavy atom. The minimum atomic E-state index is 0.310. The standard InChI is InChI=1S/C14H23N5/c1-11(2)13(7-15)14-8-16-10-19(14)12(3)9-18-6-4-5-17-18/h4-6,8,10-13H,7,9,15H2,1-3H3. The molecule has 0 fully saturated rings. The Bertz CT molecular complexity index is 486. The zero-order valence-corrected chi connectivity index (χ0v) is 11.9. The van der Waals surface area contributed by atoms with Crippen molar-refractivity contribution in [3.63, 3.8) is 0 Å². The first-order valence-corrected chi connectivity index (χ1v) is 6.82. The van der Waals surface area contributed by atoms with Crippen LogP contribution in [-0.2, 0) is 6.54 Å². The summed E-state index contributed by atoms with van der Waals surface area (Å²) in [6.45, 7) is 8.07. The Balaban J connectivity index is 2.18. The van der Waals surface area contributed by atoms with Gasteiger partial charge in [-0.05, 0) is 18.9 Å². The van der Waals surface area contributed by atoms with Gasteiger partial charge in [0.1, 0.15) is 0 Å². The number of aromatic nitrogens is 4. The van der Waals surface area contributed by atoms with E-state index in [4.69, 9.17) is 5.73 Å². The summed E-state index contributed by atoms with van der Waals surface area (Å²) in [6, 6.07) is 2.25. The lowest BCUT2D eigenvalue weighted by molar-refractivity contribution is 0.399. The largest absolute Gasteiger partial charge is 0.330 e. The smallest absolute Gasteiger partial charge is 0.0951 e. The molecular weight excluding hydrogens is 238 g/mol. The van der Waals surface area contributed by atoms with E-state index in [-0.39, 0.29) is 0 Å². The molecule has 0 amide bonds. The van der Waals surface area contributed by atoms with E-state index in [1.54, 1.807) is 6.20 Å². The van der Waals surface area contributed by atoms with Crippen LogP contribution in [0.3, 0.4) is 0 Å². The van der Waals surface area contributed by atoms with Crippen LogP contribution in [0.2, 0.25) is 0 Å². The second kappa shape index (κ2) is 6.02. The van der Waals surface area contributed by atoms with Crippen molar-refractivity contribution in [1.29, 1.82) is 0 Å². The van der Waals surface area contributed by atoms with E-state index in [0.717, 1.165) is 6.54 Å². The molecule has 2 heterocycles. The molecule has 19 heavy (non-hydrogen) atoms. The maximum Gasteiger partial charge on any atom is 0.0951 e. The first-order valence-electron chi connectivity index (χ1n) is 6.82. The van der Waals surface area contributed by atoms with Crippen LogP contribution in [0.4, 0.5) is 0 Å². The quantitative estimate of drug-likeness (QED) is 0.865. The van der Waals surface area contributed by atoms with E-state index in [2.05, 4.69) is 35.4 Å². The summed E-state index contributed by atoms with van der Waals surface area (Å²) in [7, 11) is 0. The summed E-state index contributed by atoms with van der Waals surface area (Å²) in [5.41, 5.74) is 7.13. The van der Waals surface area contributed by atoms with Crippen LogP contribution < -0.4 is 5.73 Å². The third-order valence-electron chi connectivity index (χ3n) is 3.62. The lowest BCUT2D eigenvalue weighted by Gasteiger charge is -2.24. The summed E-state index contributed by atoms with van der Waals surface area (Å²) in [4.78, 5) is 4.30. The van der Waals surface area contributed by atoms with Crippen molar-refractivity contribution in [2.75, 3.05) is 6.54 Å². The molecule has 0 bridgehead atoms. The molecule has 0 aromatic carbocycles. The van der Waals surface area contributed by atoms with E-state index in [1.807, 2.05) is 29.5 Å². The predicted octanol–water partition coefficient (Wildman–Crippen LogP) is 2.04. The number of hydrogen-bond acceptors (Lipinski definition) is 3. The summed E-state index contributed by atoms with van der Waals surface area (Å²) in [6.07, 6.45) is 7.62. The molecule has 2 rings (SSSR count). The fraction of sp³-hybridized carbons (Fsp3) is 0.571. The number of nitrogens with two attached hydrogens (primary N) is 1. The maximum absolute atomic E-state index is 5.91. The lowest BCUT2D eigenvalue weighted by Crippen LogP contribution is -2.23. The van der Waals surface area contributed by atoms with Gasteiger partial charge in [-0.3, -0.25) is 4.68 Å². The van der Waals surface area contributed by atoms with Gasteiger partial charge < -0.3 is 10.3 Å². The molecule has 5 nitrogen and oxygen atoms in total. The molecule has 5 heteroatoms. The second-order valence-electron chi connectivity index (χ2n) is 5.39. The molecule has 0 spiro atoms. The highest BCUT2D eigenvalue weighted by atomic mass is 15.3. The van der Waals surface area contributed by atoms with Gasteiger partial charge in [0.2, 0.25) is 0 Å². The normalized spacial score (nSPS) is 14.8. The van der Waals surface area contributed by atoms with Gasteiger partial charge in [0.15, 0.2) is 0 Å². The molecule has 0 saturated carbocycles. The van der Waals surface area contributed by atoms with Gasteiger partial charge in [0, 0.05) is 36.7 Å². The van der Waals surface area contributed by atoms with Crippen LogP contribution in [0.15, 0.2) is 31.0 Å². The molecule has 2 atom stereocenters. The highest BCUT2D eigenvalue weighted by Gasteiger charge is 2.20. The molecule has 0 radical (unpaired) electrons. The summed E-state index contributed by atoms with van der Waals surface area (Å²) < 4.78 is 4.17. The molecule has 0 saturated heterocycles. The Labute approximate surface area is 114 Å². The van der Waals surface area contributed by atoms with Gasteiger partial charge in [0.25, 0.3) is 0 Å². The van der Waals surface area contributed by atoms with E-state index >= 15 is 0 Å².